The van der Waals surface area contributed by atoms with Crippen molar-refractivity contribution in [2.75, 3.05) is 26.7 Å². The molecule has 1 unspecified atom stereocenters. The molecule has 1 saturated heterocycles. The molecular weight excluding hydrogens is 248 g/mol. The number of hydrogen-bond acceptors (Lipinski definition) is 3. The highest BCUT2D eigenvalue weighted by Gasteiger charge is 2.21. The molecule has 1 aromatic rings. The number of ether oxygens (including phenoxy) is 1. The number of rotatable bonds is 4. The molecule has 4 heteroatoms. The van der Waals surface area contributed by atoms with Crippen LogP contribution in [0.5, 0.6) is 5.75 Å². The highest BCUT2D eigenvalue weighted by atomic mass is 35.5. The van der Waals surface area contributed by atoms with Gasteiger partial charge in [0, 0.05) is 13.1 Å². The predicted octanol–water partition coefficient (Wildman–Crippen LogP) is 2.21. The van der Waals surface area contributed by atoms with E-state index in [2.05, 4.69) is 30.0 Å². The van der Waals surface area contributed by atoms with Gasteiger partial charge in [0.25, 0.3) is 0 Å². The Hall–Kier alpha value is -0.770. The van der Waals surface area contributed by atoms with Crippen molar-refractivity contribution in [1.29, 1.82) is 0 Å². The van der Waals surface area contributed by atoms with Crippen molar-refractivity contribution in [1.82, 2.24) is 4.90 Å². The molecule has 0 aliphatic carbocycles. The molecule has 18 heavy (non-hydrogen) atoms. The third-order valence-corrected chi connectivity index (χ3v) is 3.58. The molecule has 2 rings (SSSR count). The highest BCUT2D eigenvalue weighted by molar-refractivity contribution is 5.85. The molecule has 0 saturated carbocycles. The summed E-state index contributed by atoms with van der Waals surface area (Å²) in [6.45, 7) is 6.19. The number of methoxy groups -OCH3 is 1. The standard InChI is InChI=1S/C14H22N2O.ClH/c1-11-3-4-12(7-14(11)17-2)9-16-6-5-13(8-15)10-16;/h3-4,7,13H,5-6,8-10,15H2,1-2H3;1H. The van der Waals surface area contributed by atoms with Crippen LogP contribution in [0.25, 0.3) is 0 Å². The molecule has 1 heterocycles. The molecule has 1 aromatic carbocycles. The second kappa shape index (κ2) is 6.98. The van der Waals surface area contributed by atoms with E-state index in [1.165, 1.54) is 17.5 Å². The van der Waals surface area contributed by atoms with Crippen molar-refractivity contribution in [2.45, 2.75) is 19.9 Å². The molecule has 0 radical (unpaired) electrons. The third kappa shape index (κ3) is 3.61. The van der Waals surface area contributed by atoms with Crippen LogP contribution in [0.15, 0.2) is 18.2 Å². The van der Waals surface area contributed by atoms with Crippen molar-refractivity contribution in [3.63, 3.8) is 0 Å². The summed E-state index contributed by atoms with van der Waals surface area (Å²) >= 11 is 0. The topological polar surface area (TPSA) is 38.5 Å². The minimum atomic E-state index is 0. The van der Waals surface area contributed by atoms with E-state index in [0.717, 1.165) is 31.9 Å². The molecule has 1 aliphatic rings. The normalized spacial score (nSPS) is 19.6. The molecule has 1 fully saturated rings. The summed E-state index contributed by atoms with van der Waals surface area (Å²) in [4.78, 5) is 2.47. The van der Waals surface area contributed by atoms with E-state index in [-0.39, 0.29) is 12.4 Å². The maximum absolute atomic E-state index is 5.71. The summed E-state index contributed by atoms with van der Waals surface area (Å²) in [5, 5.41) is 0. The number of nitrogens with zero attached hydrogens (tertiary/aromatic N) is 1. The lowest BCUT2D eigenvalue weighted by molar-refractivity contribution is 0.317. The zero-order chi connectivity index (χ0) is 12.3. The second-order valence-electron chi connectivity index (χ2n) is 4.93. The molecule has 102 valence electrons. The molecular formula is C14H23ClN2O. The highest BCUT2D eigenvalue weighted by Crippen LogP contribution is 2.22. The molecule has 2 N–H and O–H groups in total. The second-order valence-corrected chi connectivity index (χ2v) is 4.93. The van der Waals surface area contributed by atoms with Crippen molar-refractivity contribution in [2.24, 2.45) is 11.7 Å². The lowest BCUT2D eigenvalue weighted by Crippen LogP contribution is -2.22. The third-order valence-electron chi connectivity index (χ3n) is 3.58. The van der Waals surface area contributed by atoms with E-state index in [1.807, 2.05) is 0 Å². The van der Waals surface area contributed by atoms with Gasteiger partial charge in [0.1, 0.15) is 5.75 Å². The van der Waals surface area contributed by atoms with Gasteiger partial charge in [0.2, 0.25) is 0 Å². The van der Waals surface area contributed by atoms with Gasteiger partial charge < -0.3 is 10.5 Å². The Kier molecular flexibility index (Phi) is 5.93. The van der Waals surface area contributed by atoms with Gasteiger partial charge in [-0.15, -0.1) is 12.4 Å². The van der Waals surface area contributed by atoms with Gasteiger partial charge in [-0.25, -0.2) is 0 Å². The van der Waals surface area contributed by atoms with Gasteiger partial charge in [-0.2, -0.15) is 0 Å². The van der Waals surface area contributed by atoms with Crippen molar-refractivity contribution >= 4 is 12.4 Å². The quantitative estimate of drug-likeness (QED) is 0.912. The van der Waals surface area contributed by atoms with Crippen LogP contribution in [-0.4, -0.2) is 31.6 Å². The van der Waals surface area contributed by atoms with E-state index in [9.17, 15) is 0 Å². The average Bonchev–Trinajstić information content (AvgIpc) is 2.79. The van der Waals surface area contributed by atoms with Crippen LogP contribution in [0.3, 0.4) is 0 Å². The zero-order valence-corrected chi connectivity index (χ0v) is 12.0. The van der Waals surface area contributed by atoms with Gasteiger partial charge in [-0.1, -0.05) is 12.1 Å². The number of likely N-dealkylation sites (tertiary alicyclic amines) is 1. The first-order valence-electron chi connectivity index (χ1n) is 6.29. The average molecular weight is 271 g/mol. The van der Waals surface area contributed by atoms with Crippen LogP contribution in [0.1, 0.15) is 17.5 Å². The molecule has 3 nitrogen and oxygen atoms in total. The van der Waals surface area contributed by atoms with E-state index in [0.29, 0.717) is 5.92 Å². The van der Waals surface area contributed by atoms with Crippen LogP contribution < -0.4 is 10.5 Å². The van der Waals surface area contributed by atoms with E-state index < -0.39 is 0 Å². The first kappa shape index (κ1) is 15.3. The van der Waals surface area contributed by atoms with E-state index >= 15 is 0 Å². The molecule has 0 bridgehead atoms. The summed E-state index contributed by atoms with van der Waals surface area (Å²) in [7, 11) is 1.73. The number of benzene rings is 1. The number of halogens is 1. The van der Waals surface area contributed by atoms with Crippen LogP contribution in [0.2, 0.25) is 0 Å². The maximum Gasteiger partial charge on any atom is 0.122 e. The molecule has 0 aromatic heterocycles. The fraction of sp³-hybridized carbons (Fsp3) is 0.571. The predicted molar refractivity (Wildman–Crippen MR) is 77.4 cm³/mol. The summed E-state index contributed by atoms with van der Waals surface area (Å²) < 4.78 is 5.35. The Bertz CT molecular complexity index is 384. The van der Waals surface area contributed by atoms with Gasteiger partial charge in [0.15, 0.2) is 0 Å². The summed E-state index contributed by atoms with van der Waals surface area (Å²) in [6, 6.07) is 6.46. The largest absolute Gasteiger partial charge is 0.496 e. The Balaban J connectivity index is 0.00000162. The first-order valence-corrected chi connectivity index (χ1v) is 6.29. The van der Waals surface area contributed by atoms with E-state index in [4.69, 9.17) is 10.5 Å². The Labute approximate surface area is 116 Å². The maximum atomic E-state index is 5.71. The lowest BCUT2D eigenvalue weighted by atomic mass is 10.1. The van der Waals surface area contributed by atoms with Crippen molar-refractivity contribution in [3.8, 4) is 5.75 Å². The Morgan fingerprint density at radius 1 is 1.44 bits per heavy atom. The van der Waals surface area contributed by atoms with Crippen molar-refractivity contribution < 1.29 is 4.74 Å². The number of aryl methyl sites for hydroxylation is 1. The van der Waals surface area contributed by atoms with Crippen LogP contribution in [-0.2, 0) is 6.54 Å². The van der Waals surface area contributed by atoms with Gasteiger partial charge in [-0.05, 0) is 49.5 Å². The minimum Gasteiger partial charge on any atom is -0.496 e. The Morgan fingerprint density at radius 2 is 2.22 bits per heavy atom. The molecule has 1 aliphatic heterocycles. The molecule has 1 atom stereocenters. The lowest BCUT2D eigenvalue weighted by Gasteiger charge is -2.16. The van der Waals surface area contributed by atoms with Crippen molar-refractivity contribution in [3.05, 3.63) is 29.3 Å². The van der Waals surface area contributed by atoms with Crippen LogP contribution in [0.4, 0.5) is 0 Å². The van der Waals surface area contributed by atoms with Gasteiger partial charge in [0.05, 0.1) is 7.11 Å². The summed E-state index contributed by atoms with van der Waals surface area (Å²) in [5.41, 5.74) is 8.22. The monoisotopic (exact) mass is 270 g/mol. The molecule has 0 amide bonds. The number of hydrogen-bond donors (Lipinski definition) is 1. The smallest absolute Gasteiger partial charge is 0.122 e. The summed E-state index contributed by atoms with van der Waals surface area (Å²) in [5.74, 6) is 1.67. The van der Waals surface area contributed by atoms with E-state index in [1.54, 1.807) is 7.11 Å². The van der Waals surface area contributed by atoms with Crippen LogP contribution >= 0.6 is 12.4 Å². The Morgan fingerprint density at radius 3 is 2.83 bits per heavy atom. The minimum absolute atomic E-state index is 0. The first-order chi connectivity index (χ1) is 8.22. The van der Waals surface area contributed by atoms with Gasteiger partial charge in [-0.3, -0.25) is 4.90 Å². The van der Waals surface area contributed by atoms with Crippen LogP contribution in [0, 0.1) is 12.8 Å². The number of nitrogens with two attached hydrogens (primary N) is 1. The summed E-state index contributed by atoms with van der Waals surface area (Å²) in [6.07, 6.45) is 1.24. The fourth-order valence-corrected chi connectivity index (χ4v) is 2.47. The molecule has 0 spiro atoms. The SMILES string of the molecule is COc1cc(CN2CCC(CN)C2)ccc1C.Cl. The zero-order valence-electron chi connectivity index (χ0n) is 11.2. The van der Waals surface area contributed by atoms with Gasteiger partial charge >= 0.3 is 0 Å². The fourth-order valence-electron chi connectivity index (χ4n) is 2.47.